The molecule has 34 heavy (non-hydrogen) atoms. The molecule has 0 unspecified atom stereocenters. The summed E-state index contributed by atoms with van der Waals surface area (Å²) in [7, 11) is -2.52. The Morgan fingerprint density at radius 2 is 1.59 bits per heavy atom. The summed E-state index contributed by atoms with van der Waals surface area (Å²) in [5, 5.41) is 3.27. The third kappa shape index (κ3) is 5.46. The number of nitrogens with one attached hydrogen (secondary N) is 1. The van der Waals surface area contributed by atoms with Crippen molar-refractivity contribution in [2.75, 3.05) is 41.3 Å². The molecule has 4 rings (SSSR count). The van der Waals surface area contributed by atoms with Gasteiger partial charge >= 0.3 is 0 Å². The molecule has 0 spiro atoms. The summed E-state index contributed by atoms with van der Waals surface area (Å²) < 4.78 is 33.1. The number of carbonyl (C=O) groups excluding carboxylic acids is 1. The van der Waals surface area contributed by atoms with Crippen molar-refractivity contribution in [2.45, 2.75) is 17.7 Å². The first-order chi connectivity index (χ1) is 16.4. The van der Waals surface area contributed by atoms with Gasteiger partial charge in [-0.15, -0.1) is 0 Å². The zero-order valence-electron chi connectivity index (χ0n) is 18.8. The van der Waals surface area contributed by atoms with Crippen molar-refractivity contribution >= 4 is 44.6 Å². The van der Waals surface area contributed by atoms with Crippen molar-refractivity contribution in [3.63, 3.8) is 0 Å². The van der Waals surface area contributed by atoms with Crippen LogP contribution in [-0.4, -0.2) is 41.1 Å². The predicted octanol–water partition coefficient (Wildman–Crippen LogP) is 4.78. The molecule has 9 heteroatoms. The first-order valence-electron chi connectivity index (χ1n) is 10.9. The largest absolute Gasteiger partial charge is 0.497 e. The van der Waals surface area contributed by atoms with Crippen molar-refractivity contribution in [3.05, 3.63) is 77.8 Å². The van der Waals surface area contributed by atoms with E-state index in [0.717, 1.165) is 23.1 Å². The molecule has 0 aliphatic carbocycles. The third-order valence-electron chi connectivity index (χ3n) is 5.67. The summed E-state index contributed by atoms with van der Waals surface area (Å²) in [6, 6.07) is 19.9. The number of hydrogen-bond acceptors (Lipinski definition) is 5. The second kappa shape index (κ2) is 10.4. The summed E-state index contributed by atoms with van der Waals surface area (Å²) in [6.07, 6.45) is 2.36. The lowest BCUT2D eigenvalue weighted by Crippen LogP contribution is -2.38. The van der Waals surface area contributed by atoms with E-state index in [2.05, 4.69) is 10.2 Å². The van der Waals surface area contributed by atoms with E-state index in [0.29, 0.717) is 22.1 Å². The van der Waals surface area contributed by atoms with Crippen LogP contribution in [-0.2, 0) is 14.8 Å². The van der Waals surface area contributed by atoms with Crippen LogP contribution < -0.4 is 19.3 Å². The number of anilines is 3. The molecule has 1 aliphatic rings. The Balaban J connectivity index is 1.55. The van der Waals surface area contributed by atoms with E-state index in [4.69, 9.17) is 16.3 Å². The first kappa shape index (κ1) is 23.9. The minimum Gasteiger partial charge on any atom is -0.497 e. The number of carbonyl (C=O) groups is 1. The molecule has 1 saturated heterocycles. The van der Waals surface area contributed by atoms with Crippen LogP contribution in [0.25, 0.3) is 0 Å². The highest BCUT2D eigenvalue weighted by molar-refractivity contribution is 7.92. The van der Waals surface area contributed by atoms with Crippen LogP contribution in [0.5, 0.6) is 5.75 Å². The van der Waals surface area contributed by atoms with Crippen LogP contribution in [0.4, 0.5) is 17.1 Å². The average molecular weight is 500 g/mol. The van der Waals surface area contributed by atoms with Gasteiger partial charge in [0.2, 0.25) is 5.91 Å². The molecule has 1 fully saturated rings. The fraction of sp³-hybridized carbons (Fsp3) is 0.240. The Morgan fingerprint density at radius 3 is 2.18 bits per heavy atom. The van der Waals surface area contributed by atoms with Gasteiger partial charge in [-0.2, -0.15) is 0 Å². The van der Waals surface area contributed by atoms with E-state index >= 15 is 0 Å². The van der Waals surface area contributed by atoms with Gasteiger partial charge in [0.1, 0.15) is 12.3 Å². The van der Waals surface area contributed by atoms with E-state index in [1.54, 1.807) is 36.4 Å². The Hall–Kier alpha value is -3.23. The summed E-state index contributed by atoms with van der Waals surface area (Å²) in [4.78, 5) is 15.3. The molecule has 178 valence electrons. The van der Waals surface area contributed by atoms with Gasteiger partial charge in [-0.1, -0.05) is 11.6 Å². The van der Waals surface area contributed by atoms with Crippen molar-refractivity contribution < 1.29 is 17.9 Å². The van der Waals surface area contributed by atoms with Gasteiger partial charge in [0.25, 0.3) is 10.0 Å². The van der Waals surface area contributed by atoms with Crippen LogP contribution in [0.15, 0.2) is 77.7 Å². The van der Waals surface area contributed by atoms with Crippen molar-refractivity contribution in [2.24, 2.45) is 0 Å². The fourth-order valence-corrected chi connectivity index (χ4v) is 5.41. The molecule has 0 bridgehead atoms. The third-order valence-corrected chi connectivity index (χ3v) is 7.71. The number of rotatable bonds is 8. The van der Waals surface area contributed by atoms with Crippen LogP contribution >= 0.6 is 11.6 Å². The molecule has 3 aromatic carbocycles. The quantitative estimate of drug-likeness (QED) is 0.482. The second-order valence-electron chi connectivity index (χ2n) is 7.95. The average Bonchev–Trinajstić information content (AvgIpc) is 3.39. The molecule has 3 aromatic rings. The number of sulfonamides is 1. The van der Waals surface area contributed by atoms with Crippen molar-refractivity contribution in [1.82, 2.24) is 0 Å². The van der Waals surface area contributed by atoms with Gasteiger partial charge in [0, 0.05) is 29.5 Å². The van der Waals surface area contributed by atoms with Gasteiger partial charge in [0.05, 0.1) is 17.7 Å². The molecular formula is C25H26ClN3O4S. The SMILES string of the molecule is COc1ccc(S(=O)(=O)N(CC(=O)Nc2ccc(N3CCCC3)cc2)c2ccc(Cl)cc2)cc1. The van der Waals surface area contributed by atoms with Crippen LogP contribution in [0, 0.1) is 0 Å². The van der Waals surface area contributed by atoms with Crippen LogP contribution in [0.2, 0.25) is 5.02 Å². The van der Waals surface area contributed by atoms with Gasteiger partial charge < -0.3 is 15.0 Å². The highest BCUT2D eigenvalue weighted by Crippen LogP contribution is 2.27. The number of ether oxygens (including phenoxy) is 1. The molecule has 7 nitrogen and oxygen atoms in total. The number of amides is 1. The summed E-state index contributed by atoms with van der Waals surface area (Å²) in [6.45, 7) is 1.67. The van der Waals surface area contributed by atoms with E-state index in [-0.39, 0.29) is 4.90 Å². The molecule has 0 atom stereocenters. The predicted molar refractivity (Wildman–Crippen MR) is 135 cm³/mol. The van der Waals surface area contributed by atoms with Gasteiger partial charge in [-0.3, -0.25) is 9.10 Å². The van der Waals surface area contributed by atoms with E-state index < -0.39 is 22.5 Å². The highest BCUT2D eigenvalue weighted by Gasteiger charge is 2.27. The number of nitrogens with zero attached hydrogens (tertiary/aromatic N) is 2. The monoisotopic (exact) mass is 499 g/mol. The van der Waals surface area contributed by atoms with Gasteiger partial charge in [-0.25, -0.2) is 8.42 Å². The maximum absolute atomic E-state index is 13.5. The Kier molecular flexibility index (Phi) is 7.29. The smallest absolute Gasteiger partial charge is 0.264 e. The fourth-order valence-electron chi connectivity index (χ4n) is 3.86. The molecule has 1 heterocycles. The first-order valence-corrected chi connectivity index (χ1v) is 12.8. The lowest BCUT2D eigenvalue weighted by Gasteiger charge is -2.24. The second-order valence-corrected chi connectivity index (χ2v) is 10.3. The van der Waals surface area contributed by atoms with Gasteiger partial charge in [-0.05, 0) is 85.6 Å². The van der Waals surface area contributed by atoms with E-state index in [9.17, 15) is 13.2 Å². The molecule has 1 aliphatic heterocycles. The maximum atomic E-state index is 13.5. The zero-order chi connectivity index (χ0) is 24.1. The standard InChI is InChI=1S/C25H26ClN3O4S/c1-33-23-12-14-24(15-13-23)34(31,32)29(22-8-4-19(26)5-9-22)18-25(30)27-20-6-10-21(11-7-20)28-16-2-3-17-28/h4-15H,2-3,16-18H2,1H3,(H,27,30). The Bertz CT molecular complexity index is 1220. The van der Waals surface area contributed by atoms with Crippen LogP contribution in [0.3, 0.4) is 0 Å². The number of halogens is 1. The molecule has 0 saturated carbocycles. The summed E-state index contributed by atoms with van der Waals surface area (Å²) >= 11 is 5.99. The van der Waals surface area contributed by atoms with Crippen molar-refractivity contribution in [1.29, 1.82) is 0 Å². The molecule has 0 aromatic heterocycles. The van der Waals surface area contributed by atoms with Crippen molar-refractivity contribution in [3.8, 4) is 5.75 Å². The molecular weight excluding hydrogens is 474 g/mol. The van der Waals surface area contributed by atoms with E-state index in [1.807, 2.05) is 24.3 Å². The normalized spacial score (nSPS) is 13.5. The van der Waals surface area contributed by atoms with E-state index in [1.165, 1.54) is 32.1 Å². The van der Waals surface area contributed by atoms with Gasteiger partial charge in [0.15, 0.2) is 0 Å². The summed E-state index contributed by atoms with van der Waals surface area (Å²) in [5.41, 5.74) is 2.05. The minimum atomic E-state index is -4.03. The number of methoxy groups -OCH3 is 1. The van der Waals surface area contributed by atoms with Crippen LogP contribution in [0.1, 0.15) is 12.8 Å². The number of hydrogen-bond donors (Lipinski definition) is 1. The summed E-state index contributed by atoms with van der Waals surface area (Å²) in [5.74, 6) is 0.0769. The highest BCUT2D eigenvalue weighted by atomic mass is 35.5. The molecule has 0 radical (unpaired) electrons. The topological polar surface area (TPSA) is 79.0 Å². The Morgan fingerprint density at radius 1 is 0.971 bits per heavy atom. The Labute approximate surface area is 205 Å². The maximum Gasteiger partial charge on any atom is 0.264 e. The minimum absolute atomic E-state index is 0.0472. The number of benzene rings is 3. The molecule has 1 N–H and O–H groups in total. The lowest BCUT2D eigenvalue weighted by molar-refractivity contribution is -0.114. The molecule has 1 amide bonds. The zero-order valence-corrected chi connectivity index (χ0v) is 20.3. The lowest BCUT2D eigenvalue weighted by atomic mass is 10.2.